The molecule has 0 radical (unpaired) electrons. The van der Waals surface area contributed by atoms with E-state index < -0.39 is 0 Å². The third-order valence-corrected chi connectivity index (χ3v) is 6.85. The van der Waals surface area contributed by atoms with Crippen molar-refractivity contribution in [3.8, 4) is 5.19 Å². The first kappa shape index (κ1) is 19.3. The van der Waals surface area contributed by atoms with Crippen molar-refractivity contribution in [3.05, 3.63) is 71.2 Å². The number of ether oxygens (including phenoxy) is 1. The Morgan fingerprint density at radius 2 is 1.83 bits per heavy atom. The van der Waals surface area contributed by atoms with Gasteiger partial charge in [-0.05, 0) is 28.5 Å². The van der Waals surface area contributed by atoms with Crippen LogP contribution in [0.2, 0.25) is 5.02 Å². The molecular formula is C24H21ClN2O2S. The van der Waals surface area contributed by atoms with Crippen LogP contribution >= 0.6 is 22.9 Å². The molecule has 1 fully saturated rings. The van der Waals surface area contributed by atoms with Crippen LogP contribution < -0.4 is 4.74 Å². The fraction of sp³-hybridized carbons (Fsp3) is 0.250. The molecule has 0 aliphatic carbocycles. The maximum Gasteiger partial charge on any atom is 0.274 e. The zero-order valence-corrected chi connectivity index (χ0v) is 18.0. The Labute approximate surface area is 184 Å². The number of hydrogen-bond acceptors (Lipinski definition) is 4. The average molecular weight is 437 g/mol. The molecule has 0 atom stereocenters. The van der Waals surface area contributed by atoms with Gasteiger partial charge in [0, 0.05) is 25.9 Å². The first-order valence-electron chi connectivity index (χ1n) is 10.1. The summed E-state index contributed by atoms with van der Waals surface area (Å²) in [5.41, 5.74) is 1.88. The molecule has 1 amide bonds. The maximum absolute atomic E-state index is 12.9. The van der Waals surface area contributed by atoms with E-state index >= 15 is 0 Å². The second kappa shape index (κ2) is 8.25. The molecule has 2 heterocycles. The summed E-state index contributed by atoms with van der Waals surface area (Å²) in [6.45, 7) is 1.42. The van der Waals surface area contributed by atoms with Crippen molar-refractivity contribution in [2.75, 3.05) is 13.1 Å². The van der Waals surface area contributed by atoms with Crippen LogP contribution in [-0.4, -0.2) is 35.0 Å². The minimum atomic E-state index is 0.0749. The van der Waals surface area contributed by atoms with Crippen LogP contribution in [0.5, 0.6) is 5.19 Å². The lowest BCUT2D eigenvalue weighted by molar-refractivity contribution is -0.132. The van der Waals surface area contributed by atoms with Gasteiger partial charge in [0.1, 0.15) is 11.6 Å². The van der Waals surface area contributed by atoms with Crippen molar-refractivity contribution in [1.29, 1.82) is 0 Å². The van der Waals surface area contributed by atoms with Gasteiger partial charge in [-0.1, -0.05) is 71.5 Å². The van der Waals surface area contributed by atoms with Crippen LogP contribution in [0.3, 0.4) is 0 Å². The van der Waals surface area contributed by atoms with Crippen LogP contribution in [-0.2, 0) is 11.2 Å². The van der Waals surface area contributed by atoms with Gasteiger partial charge in [-0.15, -0.1) is 0 Å². The largest absolute Gasteiger partial charge is 0.467 e. The number of thiazole rings is 1. The van der Waals surface area contributed by atoms with E-state index in [0.29, 0.717) is 29.7 Å². The number of para-hydroxylation sites is 1. The molecule has 0 saturated carbocycles. The molecule has 4 aromatic rings. The second-order valence-corrected chi connectivity index (χ2v) is 8.98. The zero-order valence-electron chi connectivity index (χ0n) is 16.4. The predicted octanol–water partition coefficient (Wildman–Crippen LogP) is 5.72. The maximum atomic E-state index is 12.9. The molecule has 0 bridgehead atoms. The Kier molecular flexibility index (Phi) is 5.32. The molecule has 6 heteroatoms. The molecule has 4 nitrogen and oxygen atoms in total. The van der Waals surface area contributed by atoms with Gasteiger partial charge in [-0.2, -0.15) is 0 Å². The Balaban J connectivity index is 1.21. The SMILES string of the molecule is O=C(Cc1cccc2ccccc12)N1CCC(Oc2nc3c(Cl)cccc3s2)CC1. The second-order valence-electron chi connectivity index (χ2n) is 7.58. The Morgan fingerprint density at radius 1 is 1.07 bits per heavy atom. The molecule has 0 unspecified atom stereocenters. The number of aromatic nitrogens is 1. The molecule has 1 aliphatic rings. The summed E-state index contributed by atoms with van der Waals surface area (Å²) in [5.74, 6) is 0.177. The summed E-state index contributed by atoms with van der Waals surface area (Å²) in [7, 11) is 0. The smallest absolute Gasteiger partial charge is 0.274 e. The minimum absolute atomic E-state index is 0.0749. The van der Waals surface area contributed by atoms with Gasteiger partial charge in [0.2, 0.25) is 5.91 Å². The summed E-state index contributed by atoms with van der Waals surface area (Å²) in [4.78, 5) is 19.4. The van der Waals surface area contributed by atoms with Crippen LogP contribution in [0.1, 0.15) is 18.4 Å². The quantitative estimate of drug-likeness (QED) is 0.411. The molecule has 3 aromatic carbocycles. The monoisotopic (exact) mass is 436 g/mol. The molecule has 30 heavy (non-hydrogen) atoms. The van der Waals surface area contributed by atoms with Crippen molar-refractivity contribution >= 4 is 49.8 Å². The summed E-state index contributed by atoms with van der Waals surface area (Å²) >= 11 is 7.73. The van der Waals surface area contributed by atoms with E-state index in [1.165, 1.54) is 16.7 Å². The third kappa shape index (κ3) is 3.87. The Hall–Kier alpha value is -2.63. The number of rotatable bonds is 4. The Morgan fingerprint density at radius 3 is 2.67 bits per heavy atom. The summed E-state index contributed by atoms with van der Waals surface area (Å²) < 4.78 is 7.14. The summed E-state index contributed by atoms with van der Waals surface area (Å²) in [5, 5.41) is 3.62. The molecule has 1 saturated heterocycles. The van der Waals surface area contributed by atoms with Crippen molar-refractivity contribution in [2.24, 2.45) is 0 Å². The highest BCUT2D eigenvalue weighted by Crippen LogP contribution is 2.33. The van der Waals surface area contributed by atoms with E-state index in [9.17, 15) is 4.79 Å². The topological polar surface area (TPSA) is 42.4 Å². The van der Waals surface area contributed by atoms with E-state index in [0.717, 1.165) is 34.0 Å². The number of carbonyl (C=O) groups excluding carboxylic acids is 1. The van der Waals surface area contributed by atoms with Gasteiger partial charge >= 0.3 is 0 Å². The fourth-order valence-corrected chi connectivity index (χ4v) is 5.21. The average Bonchev–Trinajstić information content (AvgIpc) is 3.18. The van der Waals surface area contributed by atoms with Crippen LogP contribution in [0.4, 0.5) is 0 Å². The summed E-state index contributed by atoms with van der Waals surface area (Å²) in [6.07, 6.45) is 2.13. The van der Waals surface area contributed by atoms with Gasteiger partial charge in [0.25, 0.3) is 5.19 Å². The number of likely N-dealkylation sites (tertiary alicyclic amines) is 1. The standard InChI is InChI=1S/C24H21ClN2O2S/c25-20-9-4-10-21-23(20)26-24(30-21)29-18-11-13-27(14-12-18)22(28)15-17-7-3-6-16-5-1-2-8-19(16)17/h1-10,18H,11-15H2. The van der Waals surface area contributed by atoms with E-state index in [1.807, 2.05) is 47.4 Å². The van der Waals surface area contributed by atoms with Crippen LogP contribution in [0.15, 0.2) is 60.7 Å². The van der Waals surface area contributed by atoms with Gasteiger partial charge < -0.3 is 9.64 Å². The number of benzene rings is 3. The fourth-order valence-electron chi connectivity index (χ4n) is 4.03. The van der Waals surface area contributed by atoms with Gasteiger partial charge in [-0.3, -0.25) is 4.79 Å². The lowest BCUT2D eigenvalue weighted by atomic mass is 10.0. The van der Waals surface area contributed by atoms with Crippen LogP contribution in [0, 0.1) is 0 Å². The lowest BCUT2D eigenvalue weighted by Crippen LogP contribution is -2.42. The van der Waals surface area contributed by atoms with E-state index in [1.54, 1.807) is 0 Å². The Bertz CT molecular complexity index is 1210. The number of piperidine rings is 1. The van der Waals surface area contributed by atoms with Crippen LogP contribution in [0.25, 0.3) is 21.0 Å². The number of nitrogens with zero attached hydrogens (tertiary/aromatic N) is 2. The molecule has 1 aromatic heterocycles. The van der Waals surface area contributed by atoms with E-state index in [2.05, 4.69) is 23.2 Å². The zero-order chi connectivity index (χ0) is 20.5. The number of halogens is 1. The van der Waals surface area contributed by atoms with Gasteiger partial charge in [0.15, 0.2) is 0 Å². The predicted molar refractivity (Wildman–Crippen MR) is 123 cm³/mol. The van der Waals surface area contributed by atoms with Crippen molar-refractivity contribution in [3.63, 3.8) is 0 Å². The molecule has 0 spiro atoms. The highest BCUT2D eigenvalue weighted by molar-refractivity contribution is 7.20. The first-order chi connectivity index (χ1) is 14.7. The molecular weight excluding hydrogens is 416 g/mol. The first-order valence-corrected chi connectivity index (χ1v) is 11.3. The van der Waals surface area contributed by atoms with Gasteiger partial charge in [0.05, 0.1) is 16.1 Å². The van der Waals surface area contributed by atoms with Crippen molar-refractivity contribution < 1.29 is 9.53 Å². The lowest BCUT2D eigenvalue weighted by Gasteiger charge is -2.31. The van der Waals surface area contributed by atoms with E-state index in [-0.39, 0.29) is 12.0 Å². The highest BCUT2D eigenvalue weighted by Gasteiger charge is 2.25. The number of hydrogen-bond donors (Lipinski definition) is 0. The minimum Gasteiger partial charge on any atom is -0.467 e. The normalized spacial score (nSPS) is 15.0. The molecule has 1 aliphatic heterocycles. The molecule has 0 N–H and O–H groups in total. The third-order valence-electron chi connectivity index (χ3n) is 5.63. The van der Waals surface area contributed by atoms with Gasteiger partial charge in [-0.25, -0.2) is 4.98 Å². The number of fused-ring (bicyclic) bond motifs is 2. The molecule has 5 rings (SSSR count). The summed E-state index contributed by atoms with van der Waals surface area (Å²) in [6, 6.07) is 20.1. The highest BCUT2D eigenvalue weighted by atomic mass is 35.5. The van der Waals surface area contributed by atoms with Crippen molar-refractivity contribution in [1.82, 2.24) is 9.88 Å². The van der Waals surface area contributed by atoms with Crippen molar-refractivity contribution in [2.45, 2.75) is 25.4 Å². The van der Waals surface area contributed by atoms with E-state index in [4.69, 9.17) is 16.3 Å². The number of carbonyl (C=O) groups is 1. The molecule has 152 valence electrons. The number of amides is 1.